The third-order valence-corrected chi connectivity index (χ3v) is 5.45. The van der Waals surface area contributed by atoms with Crippen LogP contribution in [0.25, 0.3) is 0 Å². The SMILES string of the molecule is CCCCCCCCCCCCCCC[N+]1(C)CCCC1.[I-]. The highest BCUT2D eigenvalue weighted by Crippen LogP contribution is 2.18. The van der Waals surface area contributed by atoms with Crippen molar-refractivity contribution in [2.75, 3.05) is 26.7 Å². The van der Waals surface area contributed by atoms with Gasteiger partial charge in [-0.05, 0) is 12.8 Å². The molecule has 1 aliphatic rings. The summed E-state index contributed by atoms with van der Waals surface area (Å²) in [5.41, 5.74) is 0. The number of unbranched alkanes of at least 4 members (excludes halogenated alkanes) is 12. The maximum absolute atomic E-state index is 2.47. The molecule has 0 saturated carbocycles. The van der Waals surface area contributed by atoms with Crippen molar-refractivity contribution in [2.24, 2.45) is 0 Å². The van der Waals surface area contributed by atoms with Gasteiger partial charge in [-0.25, -0.2) is 0 Å². The lowest BCUT2D eigenvalue weighted by molar-refractivity contribution is -0.897. The molecule has 1 heterocycles. The average Bonchev–Trinajstić information content (AvgIpc) is 2.91. The molecular formula is C20H42IN. The lowest BCUT2D eigenvalue weighted by Crippen LogP contribution is -3.00. The fourth-order valence-electron chi connectivity index (χ4n) is 3.83. The molecule has 0 atom stereocenters. The van der Waals surface area contributed by atoms with Gasteiger partial charge < -0.3 is 28.5 Å². The summed E-state index contributed by atoms with van der Waals surface area (Å²) in [6.07, 6.45) is 22.0. The molecule has 0 N–H and O–H groups in total. The summed E-state index contributed by atoms with van der Waals surface area (Å²) in [6.45, 7) is 6.63. The lowest BCUT2D eigenvalue weighted by Gasteiger charge is -2.29. The Morgan fingerprint density at radius 1 is 0.591 bits per heavy atom. The van der Waals surface area contributed by atoms with E-state index in [1.165, 1.54) is 120 Å². The molecular weight excluding hydrogens is 381 g/mol. The standard InChI is InChI=1S/C20H42N.HI/c1-3-4-5-6-7-8-9-10-11-12-13-14-15-18-21(2)19-16-17-20-21;/h3-20H2,1-2H3;1H/q+1;/p-1. The number of hydrogen-bond acceptors (Lipinski definition) is 0. The molecule has 0 aromatic rings. The topological polar surface area (TPSA) is 0 Å². The Balaban J connectivity index is 0.00000441. The Morgan fingerprint density at radius 3 is 1.36 bits per heavy atom. The predicted molar refractivity (Wildman–Crippen MR) is 95.7 cm³/mol. The van der Waals surface area contributed by atoms with Crippen molar-refractivity contribution < 1.29 is 28.5 Å². The highest BCUT2D eigenvalue weighted by Gasteiger charge is 2.25. The quantitative estimate of drug-likeness (QED) is 0.229. The van der Waals surface area contributed by atoms with Crippen LogP contribution in [0.15, 0.2) is 0 Å². The molecule has 0 bridgehead atoms. The Bertz CT molecular complexity index is 224. The molecule has 0 radical (unpaired) electrons. The Labute approximate surface area is 158 Å². The zero-order chi connectivity index (χ0) is 15.2. The highest BCUT2D eigenvalue weighted by molar-refractivity contribution is 4.53. The molecule has 1 saturated heterocycles. The first-order valence-corrected chi connectivity index (χ1v) is 10.1. The van der Waals surface area contributed by atoms with E-state index in [1.807, 2.05) is 0 Å². The van der Waals surface area contributed by atoms with Crippen molar-refractivity contribution in [1.82, 2.24) is 0 Å². The van der Waals surface area contributed by atoms with E-state index in [0.717, 1.165) is 0 Å². The second-order valence-corrected chi connectivity index (χ2v) is 7.74. The first kappa shape index (κ1) is 22.7. The maximum Gasteiger partial charge on any atom is 0.0786 e. The maximum atomic E-state index is 2.47. The number of likely N-dealkylation sites (tertiary alicyclic amines) is 1. The molecule has 1 aliphatic heterocycles. The Morgan fingerprint density at radius 2 is 0.955 bits per heavy atom. The van der Waals surface area contributed by atoms with E-state index in [2.05, 4.69) is 14.0 Å². The van der Waals surface area contributed by atoms with E-state index >= 15 is 0 Å². The van der Waals surface area contributed by atoms with E-state index in [0.29, 0.717) is 0 Å². The van der Waals surface area contributed by atoms with E-state index < -0.39 is 0 Å². The molecule has 1 fully saturated rings. The van der Waals surface area contributed by atoms with Crippen LogP contribution in [0.1, 0.15) is 103 Å². The van der Waals surface area contributed by atoms with Crippen LogP contribution >= 0.6 is 0 Å². The molecule has 0 aromatic heterocycles. The summed E-state index contributed by atoms with van der Waals surface area (Å²) in [5.74, 6) is 0. The van der Waals surface area contributed by atoms with Gasteiger partial charge in [-0.15, -0.1) is 0 Å². The Kier molecular flexibility index (Phi) is 15.7. The monoisotopic (exact) mass is 423 g/mol. The molecule has 0 amide bonds. The number of rotatable bonds is 14. The van der Waals surface area contributed by atoms with Crippen molar-refractivity contribution in [1.29, 1.82) is 0 Å². The van der Waals surface area contributed by atoms with Crippen molar-refractivity contribution in [3.63, 3.8) is 0 Å². The van der Waals surface area contributed by atoms with E-state index in [-0.39, 0.29) is 24.0 Å². The number of hydrogen-bond donors (Lipinski definition) is 0. The van der Waals surface area contributed by atoms with Crippen molar-refractivity contribution in [2.45, 2.75) is 103 Å². The van der Waals surface area contributed by atoms with Gasteiger partial charge in [0.05, 0.1) is 26.7 Å². The third kappa shape index (κ3) is 12.2. The predicted octanol–water partition coefficient (Wildman–Crippen LogP) is 3.32. The van der Waals surface area contributed by atoms with E-state index in [4.69, 9.17) is 0 Å². The summed E-state index contributed by atoms with van der Waals surface area (Å²) in [6, 6.07) is 0. The van der Waals surface area contributed by atoms with E-state index in [1.54, 1.807) is 0 Å². The van der Waals surface area contributed by atoms with Crippen molar-refractivity contribution in [3.05, 3.63) is 0 Å². The van der Waals surface area contributed by atoms with Gasteiger partial charge >= 0.3 is 0 Å². The van der Waals surface area contributed by atoms with Gasteiger partial charge in [-0.3, -0.25) is 0 Å². The van der Waals surface area contributed by atoms with Crippen LogP contribution in [0, 0.1) is 0 Å². The van der Waals surface area contributed by atoms with Gasteiger partial charge in [0.2, 0.25) is 0 Å². The van der Waals surface area contributed by atoms with Crippen molar-refractivity contribution >= 4 is 0 Å². The molecule has 0 spiro atoms. The summed E-state index contributed by atoms with van der Waals surface area (Å²) >= 11 is 0. The molecule has 2 heteroatoms. The van der Waals surface area contributed by atoms with E-state index in [9.17, 15) is 0 Å². The lowest BCUT2D eigenvalue weighted by atomic mass is 10.0. The van der Waals surface area contributed by atoms with Gasteiger partial charge in [-0.1, -0.05) is 77.6 Å². The van der Waals surface area contributed by atoms with Gasteiger partial charge in [0.15, 0.2) is 0 Å². The molecule has 22 heavy (non-hydrogen) atoms. The highest BCUT2D eigenvalue weighted by atomic mass is 127. The first-order valence-electron chi connectivity index (χ1n) is 10.1. The fourth-order valence-corrected chi connectivity index (χ4v) is 3.83. The first-order chi connectivity index (χ1) is 10.3. The molecule has 0 aromatic carbocycles. The zero-order valence-electron chi connectivity index (χ0n) is 15.6. The fraction of sp³-hybridized carbons (Fsp3) is 1.00. The van der Waals surface area contributed by atoms with Crippen LogP contribution in [0.5, 0.6) is 0 Å². The van der Waals surface area contributed by atoms with Gasteiger partial charge in [0, 0.05) is 12.8 Å². The summed E-state index contributed by atoms with van der Waals surface area (Å²) in [5, 5.41) is 0. The molecule has 0 aliphatic carbocycles. The zero-order valence-corrected chi connectivity index (χ0v) is 17.7. The average molecular weight is 423 g/mol. The second-order valence-electron chi connectivity index (χ2n) is 7.74. The van der Waals surface area contributed by atoms with Crippen LogP contribution in [0.3, 0.4) is 0 Å². The molecule has 0 unspecified atom stereocenters. The normalized spacial score (nSPS) is 16.6. The van der Waals surface area contributed by atoms with Crippen molar-refractivity contribution in [3.8, 4) is 0 Å². The van der Waals surface area contributed by atoms with Crippen LogP contribution in [-0.4, -0.2) is 31.2 Å². The van der Waals surface area contributed by atoms with Crippen LogP contribution in [-0.2, 0) is 0 Å². The second kappa shape index (κ2) is 15.2. The smallest absolute Gasteiger partial charge is 0.0786 e. The van der Waals surface area contributed by atoms with Gasteiger partial charge in [0.1, 0.15) is 0 Å². The van der Waals surface area contributed by atoms with Gasteiger partial charge in [0.25, 0.3) is 0 Å². The number of halogens is 1. The summed E-state index contributed by atoms with van der Waals surface area (Å²) < 4.78 is 1.37. The minimum absolute atomic E-state index is 0. The summed E-state index contributed by atoms with van der Waals surface area (Å²) in [7, 11) is 2.47. The molecule has 1 rings (SSSR count). The van der Waals surface area contributed by atoms with Crippen LogP contribution < -0.4 is 24.0 Å². The molecule has 134 valence electrons. The minimum Gasteiger partial charge on any atom is -1.00 e. The Hall–Kier alpha value is 0.690. The van der Waals surface area contributed by atoms with Crippen LogP contribution in [0.2, 0.25) is 0 Å². The minimum atomic E-state index is 0. The number of nitrogens with zero attached hydrogens (tertiary/aromatic N) is 1. The molecule has 1 nitrogen and oxygen atoms in total. The summed E-state index contributed by atoms with van der Waals surface area (Å²) in [4.78, 5) is 0. The van der Waals surface area contributed by atoms with Crippen LogP contribution in [0.4, 0.5) is 0 Å². The van der Waals surface area contributed by atoms with Gasteiger partial charge in [-0.2, -0.15) is 0 Å². The number of quaternary nitrogens is 1. The largest absolute Gasteiger partial charge is 1.00 e. The third-order valence-electron chi connectivity index (χ3n) is 5.45.